The lowest BCUT2D eigenvalue weighted by atomic mass is 10.0. The minimum atomic E-state index is 0.157. The molecule has 0 radical (unpaired) electrons. The van der Waals surface area contributed by atoms with Gasteiger partial charge >= 0.3 is 0 Å². The van der Waals surface area contributed by atoms with Gasteiger partial charge in [-0.25, -0.2) is 9.97 Å². The molecule has 0 bridgehead atoms. The summed E-state index contributed by atoms with van der Waals surface area (Å²) < 4.78 is 6.31. The average molecular weight is 548 g/mol. The molecule has 4 aromatic carbocycles. The third kappa shape index (κ3) is 4.36. The molecule has 0 amide bonds. The van der Waals surface area contributed by atoms with E-state index in [1.54, 1.807) is 6.07 Å². The third-order valence-electron chi connectivity index (χ3n) is 7.66. The van der Waals surface area contributed by atoms with Crippen LogP contribution >= 0.6 is 0 Å². The number of aryl methyl sites for hydroxylation is 3. The van der Waals surface area contributed by atoms with Crippen LogP contribution in [0.15, 0.2) is 120 Å². The SMILES string of the molecule is Cc1cc(C)c(N(c2cccc(-c3cc4c(oc5ccccc54)c(-c4ccccc4O)n3)c2)c2ccccn2)c(C)c1. The van der Waals surface area contributed by atoms with Gasteiger partial charge in [0.25, 0.3) is 0 Å². The van der Waals surface area contributed by atoms with Crippen LogP contribution in [0.4, 0.5) is 17.2 Å². The van der Waals surface area contributed by atoms with Crippen LogP contribution in [-0.2, 0) is 0 Å². The first kappa shape index (κ1) is 25.5. The van der Waals surface area contributed by atoms with Crippen molar-refractivity contribution >= 4 is 39.1 Å². The maximum Gasteiger partial charge on any atom is 0.161 e. The predicted molar refractivity (Wildman–Crippen MR) is 171 cm³/mol. The molecular weight excluding hydrogens is 518 g/mol. The van der Waals surface area contributed by atoms with Crippen LogP contribution in [0.25, 0.3) is 44.5 Å². The van der Waals surface area contributed by atoms with Crippen molar-refractivity contribution in [3.63, 3.8) is 0 Å². The van der Waals surface area contributed by atoms with E-state index in [1.165, 1.54) is 16.7 Å². The summed E-state index contributed by atoms with van der Waals surface area (Å²) >= 11 is 0. The second-order valence-electron chi connectivity index (χ2n) is 10.7. The van der Waals surface area contributed by atoms with Gasteiger partial charge in [0.15, 0.2) is 5.58 Å². The Morgan fingerprint density at radius 2 is 1.48 bits per heavy atom. The molecule has 7 aromatic rings. The normalized spacial score (nSPS) is 11.3. The number of aromatic nitrogens is 2. The smallest absolute Gasteiger partial charge is 0.161 e. The molecule has 5 nitrogen and oxygen atoms in total. The van der Waals surface area contributed by atoms with E-state index in [4.69, 9.17) is 14.4 Å². The number of anilines is 3. The number of hydrogen-bond acceptors (Lipinski definition) is 5. The van der Waals surface area contributed by atoms with Crippen LogP contribution in [0.3, 0.4) is 0 Å². The molecule has 3 heterocycles. The molecule has 0 atom stereocenters. The quantitative estimate of drug-likeness (QED) is 0.232. The maximum absolute atomic E-state index is 10.8. The summed E-state index contributed by atoms with van der Waals surface area (Å²) in [7, 11) is 0. The van der Waals surface area contributed by atoms with Gasteiger partial charge < -0.3 is 9.52 Å². The van der Waals surface area contributed by atoms with E-state index in [2.05, 4.69) is 74.2 Å². The number of para-hydroxylation sites is 2. The van der Waals surface area contributed by atoms with Crippen molar-refractivity contribution in [1.29, 1.82) is 0 Å². The zero-order chi connectivity index (χ0) is 28.8. The predicted octanol–water partition coefficient (Wildman–Crippen LogP) is 9.81. The number of pyridine rings is 2. The number of phenolic OH excluding ortho intramolecular Hbond substituents is 1. The van der Waals surface area contributed by atoms with Crippen molar-refractivity contribution in [3.05, 3.63) is 132 Å². The van der Waals surface area contributed by atoms with Gasteiger partial charge in [0.1, 0.15) is 22.8 Å². The number of benzene rings is 4. The number of nitrogens with zero attached hydrogens (tertiary/aromatic N) is 3. The van der Waals surface area contributed by atoms with Crippen LogP contribution in [0.5, 0.6) is 5.75 Å². The van der Waals surface area contributed by atoms with Gasteiger partial charge in [-0.3, -0.25) is 4.90 Å². The molecule has 0 aliphatic heterocycles. The van der Waals surface area contributed by atoms with Crippen LogP contribution in [0.2, 0.25) is 0 Å². The molecule has 0 aliphatic carbocycles. The number of furan rings is 1. The van der Waals surface area contributed by atoms with Gasteiger partial charge in [-0.15, -0.1) is 0 Å². The van der Waals surface area contributed by atoms with Crippen molar-refractivity contribution in [3.8, 4) is 28.3 Å². The number of aromatic hydroxyl groups is 1. The van der Waals surface area contributed by atoms with Gasteiger partial charge in [0.05, 0.1) is 11.4 Å². The van der Waals surface area contributed by atoms with E-state index in [0.29, 0.717) is 16.8 Å². The first-order chi connectivity index (χ1) is 20.5. The Morgan fingerprint density at radius 3 is 2.26 bits per heavy atom. The van der Waals surface area contributed by atoms with Crippen LogP contribution < -0.4 is 4.90 Å². The largest absolute Gasteiger partial charge is 0.507 e. The number of rotatable bonds is 5. The number of phenols is 1. The van der Waals surface area contributed by atoms with Crippen molar-refractivity contribution < 1.29 is 9.52 Å². The third-order valence-corrected chi connectivity index (χ3v) is 7.66. The molecule has 0 saturated heterocycles. The van der Waals surface area contributed by atoms with Crippen LogP contribution in [0, 0.1) is 20.8 Å². The van der Waals surface area contributed by atoms with Crippen molar-refractivity contribution in [2.75, 3.05) is 4.90 Å². The number of fused-ring (bicyclic) bond motifs is 3. The molecule has 7 rings (SSSR count). The fourth-order valence-electron chi connectivity index (χ4n) is 5.92. The highest BCUT2D eigenvalue weighted by molar-refractivity contribution is 6.10. The minimum absolute atomic E-state index is 0.157. The summed E-state index contributed by atoms with van der Waals surface area (Å²) in [6.07, 6.45) is 1.82. The molecule has 5 heteroatoms. The average Bonchev–Trinajstić information content (AvgIpc) is 3.38. The molecule has 1 N–H and O–H groups in total. The molecule has 204 valence electrons. The molecular formula is C37H29N3O2. The van der Waals surface area contributed by atoms with Gasteiger partial charge in [0, 0.05) is 33.8 Å². The highest BCUT2D eigenvalue weighted by Crippen LogP contribution is 2.42. The van der Waals surface area contributed by atoms with Crippen molar-refractivity contribution in [2.45, 2.75) is 20.8 Å². The Labute approximate surface area is 244 Å². The van der Waals surface area contributed by atoms with Crippen molar-refractivity contribution in [1.82, 2.24) is 9.97 Å². The maximum atomic E-state index is 10.8. The second-order valence-corrected chi connectivity index (χ2v) is 10.7. The van der Waals surface area contributed by atoms with E-state index < -0.39 is 0 Å². The van der Waals surface area contributed by atoms with E-state index >= 15 is 0 Å². The van der Waals surface area contributed by atoms with E-state index in [1.807, 2.05) is 60.8 Å². The van der Waals surface area contributed by atoms with Crippen LogP contribution in [0.1, 0.15) is 16.7 Å². The highest BCUT2D eigenvalue weighted by atomic mass is 16.3. The molecule has 42 heavy (non-hydrogen) atoms. The Balaban J connectivity index is 1.46. The monoisotopic (exact) mass is 547 g/mol. The first-order valence-electron chi connectivity index (χ1n) is 14.0. The fraction of sp³-hybridized carbons (Fsp3) is 0.0811. The lowest BCUT2D eigenvalue weighted by Crippen LogP contribution is -2.14. The second kappa shape index (κ2) is 10.2. The van der Waals surface area contributed by atoms with Gasteiger partial charge in [0.2, 0.25) is 0 Å². The lowest BCUT2D eigenvalue weighted by Gasteiger charge is -2.28. The van der Waals surface area contributed by atoms with E-state index in [-0.39, 0.29) is 5.75 Å². The standard InChI is InChI=1S/C37H29N3O2/c1-23-19-24(2)36(25(3)20-23)40(34-17-8-9-18-38-34)27-12-10-11-26(21-27)31-22-30-28-13-5-7-16-33(28)42-37(30)35(39-31)29-14-4-6-15-32(29)41/h4-22,41H,1-3H3. The fourth-order valence-corrected chi connectivity index (χ4v) is 5.92. The zero-order valence-corrected chi connectivity index (χ0v) is 23.7. The Kier molecular flexibility index (Phi) is 6.20. The molecule has 0 unspecified atom stereocenters. The Hall–Kier alpha value is -5.42. The summed E-state index contributed by atoms with van der Waals surface area (Å²) in [5, 5.41) is 12.8. The van der Waals surface area contributed by atoms with Gasteiger partial charge in [-0.1, -0.05) is 66.2 Å². The van der Waals surface area contributed by atoms with E-state index in [0.717, 1.165) is 44.8 Å². The lowest BCUT2D eigenvalue weighted by molar-refractivity contribution is 0.477. The molecule has 0 aliphatic rings. The minimum Gasteiger partial charge on any atom is -0.507 e. The summed E-state index contributed by atoms with van der Waals surface area (Å²) in [5.74, 6) is 0.994. The van der Waals surface area contributed by atoms with Crippen LogP contribution in [-0.4, -0.2) is 15.1 Å². The molecule has 0 fully saturated rings. The van der Waals surface area contributed by atoms with Gasteiger partial charge in [-0.2, -0.15) is 0 Å². The Bertz CT molecular complexity index is 2070. The summed E-state index contributed by atoms with van der Waals surface area (Å²) in [6, 6.07) is 36.1. The molecule has 0 saturated carbocycles. The number of hydrogen-bond donors (Lipinski definition) is 1. The molecule has 3 aromatic heterocycles. The first-order valence-corrected chi connectivity index (χ1v) is 14.0. The summed E-state index contributed by atoms with van der Waals surface area (Å²) in [5.41, 5.74) is 10.1. The zero-order valence-electron chi connectivity index (χ0n) is 23.7. The summed E-state index contributed by atoms with van der Waals surface area (Å²) in [4.78, 5) is 12.1. The topological polar surface area (TPSA) is 62.4 Å². The highest BCUT2D eigenvalue weighted by Gasteiger charge is 2.21. The van der Waals surface area contributed by atoms with Gasteiger partial charge in [-0.05, 0) is 80.4 Å². The van der Waals surface area contributed by atoms with E-state index in [9.17, 15) is 5.11 Å². The van der Waals surface area contributed by atoms with Crippen molar-refractivity contribution in [2.24, 2.45) is 0 Å². The molecule has 0 spiro atoms. The Morgan fingerprint density at radius 1 is 0.714 bits per heavy atom. The summed E-state index contributed by atoms with van der Waals surface area (Å²) in [6.45, 7) is 6.42.